The lowest BCUT2D eigenvalue weighted by molar-refractivity contribution is 0.133. The highest BCUT2D eigenvalue weighted by Gasteiger charge is 2.47. The van der Waals surface area contributed by atoms with E-state index in [0.717, 1.165) is 6.54 Å². The molecule has 2 fully saturated rings. The van der Waals surface area contributed by atoms with E-state index in [1.54, 1.807) is 0 Å². The number of carbonyl (C=O) groups excluding carboxylic acids is 1. The molecule has 1 aliphatic heterocycles. The summed E-state index contributed by atoms with van der Waals surface area (Å²) in [6, 6.07) is 0.470. The van der Waals surface area contributed by atoms with E-state index in [2.05, 4.69) is 24.1 Å². The molecular weight excluding hydrogens is 164 g/mol. The molecule has 2 aliphatic rings. The first kappa shape index (κ1) is 8.85. The maximum Gasteiger partial charge on any atom is 0.318 e. The summed E-state index contributed by atoms with van der Waals surface area (Å²) in [5, 5.41) is 2.97. The van der Waals surface area contributed by atoms with Gasteiger partial charge in [0.1, 0.15) is 0 Å². The Balaban J connectivity index is 2.23. The Bertz CT molecular complexity index is 219. The molecule has 74 valence electrons. The monoisotopic (exact) mass is 182 g/mol. The largest absolute Gasteiger partial charge is 0.336 e. The maximum atomic E-state index is 11.6. The third-order valence-corrected chi connectivity index (χ3v) is 3.35. The summed E-state index contributed by atoms with van der Waals surface area (Å²) in [5.41, 5.74) is 0.172. The van der Waals surface area contributed by atoms with Crippen LogP contribution in [0, 0.1) is 0 Å². The fraction of sp³-hybridized carbons (Fsp3) is 0.900. The molecule has 1 heterocycles. The van der Waals surface area contributed by atoms with E-state index in [9.17, 15) is 4.79 Å². The van der Waals surface area contributed by atoms with Gasteiger partial charge in [0.15, 0.2) is 0 Å². The summed E-state index contributed by atoms with van der Waals surface area (Å²) in [7, 11) is 0. The van der Waals surface area contributed by atoms with Crippen LogP contribution in [0.1, 0.15) is 39.5 Å². The van der Waals surface area contributed by atoms with Gasteiger partial charge < -0.3 is 10.2 Å². The van der Waals surface area contributed by atoms with Gasteiger partial charge in [-0.1, -0.05) is 12.8 Å². The second-order valence-electron chi connectivity index (χ2n) is 4.55. The quantitative estimate of drug-likeness (QED) is 0.658. The van der Waals surface area contributed by atoms with Gasteiger partial charge in [-0.15, -0.1) is 0 Å². The van der Waals surface area contributed by atoms with Crippen LogP contribution in [0.4, 0.5) is 4.79 Å². The summed E-state index contributed by atoms with van der Waals surface area (Å²) in [5.74, 6) is 0. The second kappa shape index (κ2) is 2.89. The molecule has 1 saturated heterocycles. The average molecular weight is 182 g/mol. The van der Waals surface area contributed by atoms with Crippen molar-refractivity contribution in [1.82, 2.24) is 10.2 Å². The van der Waals surface area contributed by atoms with Crippen molar-refractivity contribution in [2.45, 2.75) is 51.1 Å². The number of urea groups is 1. The molecule has 1 aliphatic carbocycles. The predicted molar refractivity (Wildman–Crippen MR) is 51.6 cm³/mol. The lowest BCUT2D eigenvalue weighted by atomic mass is 9.96. The van der Waals surface area contributed by atoms with E-state index in [-0.39, 0.29) is 11.6 Å². The zero-order valence-electron chi connectivity index (χ0n) is 8.47. The molecule has 0 bridgehead atoms. The summed E-state index contributed by atoms with van der Waals surface area (Å²) in [6.45, 7) is 5.07. The minimum atomic E-state index is 0.136. The van der Waals surface area contributed by atoms with Gasteiger partial charge in [0.2, 0.25) is 0 Å². The summed E-state index contributed by atoms with van der Waals surface area (Å²) >= 11 is 0. The van der Waals surface area contributed by atoms with Gasteiger partial charge in [-0.05, 0) is 26.7 Å². The van der Waals surface area contributed by atoms with E-state index in [1.807, 2.05) is 0 Å². The number of hydrogen-bond acceptors (Lipinski definition) is 1. The third kappa shape index (κ3) is 1.21. The molecule has 13 heavy (non-hydrogen) atoms. The van der Waals surface area contributed by atoms with Crippen LogP contribution in [-0.2, 0) is 0 Å². The van der Waals surface area contributed by atoms with Crippen LogP contribution < -0.4 is 5.32 Å². The smallest absolute Gasteiger partial charge is 0.318 e. The van der Waals surface area contributed by atoms with Crippen molar-refractivity contribution in [3.05, 3.63) is 0 Å². The van der Waals surface area contributed by atoms with Crippen LogP contribution in [0.25, 0.3) is 0 Å². The highest BCUT2D eigenvalue weighted by atomic mass is 16.2. The SMILES string of the molecule is CC(C)N1C(=O)NCC12CCCC2. The molecule has 0 atom stereocenters. The van der Waals surface area contributed by atoms with Crippen LogP contribution in [0.5, 0.6) is 0 Å². The number of carbonyl (C=O) groups is 1. The lowest BCUT2D eigenvalue weighted by Gasteiger charge is -2.36. The molecule has 2 amide bonds. The van der Waals surface area contributed by atoms with E-state index in [1.165, 1.54) is 25.7 Å². The van der Waals surface area contributed by atoms with E-state index < -0.39 is 0 Å². The maximum absolute atomic E-state index is 11.6. The molecule has 0 aromatic rings. The molecule has 1 N–H and O–H groups in total. The van der Waals surface area contributed by atoms with Gasteiger partial charge in [0.25, 0.3) is 0 Å². The second-order valence-corrected chi connectivity index (χ2v) is 4.55. The van der Waals surface area contributed by atoms with Crippen molar-refractivity contribution in [3.8, 4) is 0 Å². The summed E-state index contributed by atoms with van der Waals surface area (Å²) in [4.78, 5) is 13.6. The molecule has 2 rings (SSSR count). The van der Waals surface area contributed by atoms with E-state index in [0.29, 0.717) is 6.04 Å². The first-order valence-corrected chi connectivity index (χ1v) is 5.23. The molecule has 0 unspecified atom stereocenters. The van der Waals surface area contributed by atoms with Gasteiger partial charge >= 0.3 is 6.03 Å². The Labute approximate surface area is 79.5 Å². The molecule has 3 nitrogen and oxygen atoms in total. The molecule has 0 aromatic carbocycles. The fourth-order valence-electron chi connectivity index (χ4n) is 2.86. The minimum absolute atomic E-state index is 0.136. The van der Waals surface area contributed by atoms with E-state index >= 15 is 0 Å². The van der Waals surface area contributed by atoms with Gasteiger partial charge in [0.05, 0.1) is 5.54 Å². The van der Waals surface area contributed by atoms with Gasteiger partial charge in [-0.3, -0.25) is 0 Å². The Morgan fingerprint density at radius 3 is 2.54 bits per heavy atom. The molecule has 0 aromatic heterocycles. The van der Waals surface area contributed by atoms with E-state index in [4.69, 9.17) is 0 Å². The lowest BCUT2D eigenvalue weighted by Crippen LogP contribution is -2.48. The fourth-order valence-corrected chi connectivity index (χ4v) is 2.86. The number of nitrogens with one attached hydrogen (secondary N) is 1. The first-order chi connectivity index (χ1) is 6.16. The van der Waals surface area contributed by atoms with Crippen molar-refractivity contribution >= 4 is 6.03 Å². The zero-order valence-corrected chi connectivity index (χ0v) is 8.47. The number of rotatable bonds is 1. The Hall–Kier alpha value is -0.730. The van der Waals surface area contributed by atoms with Crippen molar-refractivity contribution in [3.63, 3.8) is 0 Å². The number of hydrogen-bond donors (Lipinski definition) is 1. The van der Waals surface area contributed by atoms with Crippen molar-refractivity contribution in [2.75, 3.05) is 6.54 Å². The third-order valence-electron chi connectivity index (χ3n) is 3.35. The Morgan fingerprint density at radius 2 is 2.00 bits per heavy atom. The zero-order chi connectivity index (χ0) is 9.47. The topological polar surface area (TPSA) is 32.3 Å². The van der Waals surface area contributed by atoms with Crippen molar-refractivity contribution < 1.29 is 4.79 Å². The summed E-state index contributed by atoms with van der Waals surface area (Å²) < 4.78 is 0. The molecule has 3 heteroatoms. The minimum Gasteiger partial charge on any atom is -0.336 e. The molecule has 1 spiro atoms. The standard InChI is InChI=1S/C10H18N2O/c1-8(2)12-9(13)11-7-10(12)5-3-4-6-10/h8H,3-7H2,1-2H3,(H,11,13). The highest BCUT2D eigenvalue weighted by Crippen LogP contribution is 2.38. The molecule has 0 radical (unpaired) electrons. The number of amides is 2. The van der Waals surface area contributed by atoms with Crippen molar-refractivity contribution in [2.24, 2.45) is 0 Å². The molecule has 1 saturated carbocycles. The van der Waals surface area contributed by atoms with Crippen LogP contribution in [0.3, 0.4) is 0 Å². The Morgan fingerprint density at radius 1 is 1.38 bits per heavy atom. The highest BCUT2D eigenvalue weighted by molar-refractivity contribution is 5.78. The van der Waals surface area contributed by atoms with Crippen LogP contribution in [-0.4, -0.2) is 29.1 Å². The Kier molecular flexibility index (Phi) is 1.97. The molecular formula is C10H18N2O. The average Bonchev–Trinajstić information content (AvgIpc) is 2.61. The van der Waals surface area contributed by atoms with Crippen LogP contribution in [0.2, 0.25) is 0 Å². The summed E-state index contributed by atoms with van der Waals surface area (Å²) in [6.07, 6.45) is 4.92. The normalized spacial score (nSPS) is 26.1. The predicted octanol–water partition coefficient (Wildman–Crippen LogP) is 1.73. The van der Waals surface area contributed by atoms with Gasteiger partial charge in [-0.2, -0.15) is 0 Å². The number of nitrogens with zero attached hydrogens (tertiary/aromatic N) is 1. The van der Waals surface area contributed by atoms with Crippen LogP contribution >= 0.6 is 0 Å². The van der Waals surface area contributed by atoms with Gasteiger partial charge in [-0.25, -0.2) is 4.79 Å². The first-order valence-electron chi connectivity index (χ1n) is 5.23. The van der Waals surface area contributed by atoms with Gasteiger partial charge in [0, 0.05) is 12.6 Å². The van der Waals surface area contributed by atoms with Crippen molar-refractivity contribution in [1.29, 1.82) is 0 Å². The van der Waals surface area contributed by atoms with Crippen LogP contribution in [0.15, 0.2) is 0 Å².